The van der Waals surface area contributed by atoms with Crippen LogP contribution < -0.4 is 16.0 Å². The Labute approximate surface area is 189 Å². The molecule has 2 rings (SSSR count). The number of nitrogens with one attached hydrogen (secondary N) is 3. The minimum Gasteiger partial charge on any atom is -0.444 e. The Kier molecular flexibility index (Phi) is 9.01. The molecule has 170 valence electrons. The van der Waals surface area contributed by atoms with E-state index in [0.717, 1.165) is 5.56 Å². The second-order valence-corrected chi connectivity index (χ2v) is 8.31. The molecule has 0 saturated heterocycles. The van der Waals surface area contributed by atoms with E-state index in [2.05, 4.69) is 16.0 Å². The van der Waals surface area contributed by atoms with Gasteiger partial charge in [-0.05, 0) is 58.4 Å². The third kappa shape index (κ3) is 9.04. The van der Waals surface area contributed by atoms with E-state index in [1.54, 1.807) is 63.2 Å². The molecule has 0 atom stereocenters. The normalized spacial score (nSPS) is 11.1. The lowest BCUT2D eigenvalue weighted by atomic mass is 10.1. The highest BCUT2D eigenvalue weighted by Crippen LogP contribution is 2.22. The summed E-state index contributed by atoms with van der Waals surface area (Å²) in [6, 6.07) is 14.3. The molecule has 0 spiro atoms. The number of ether oxygens (including phenoxy) is 1. The molecule has 0 saturated carbocycles. The van der Waals surface area contributed by atoms with Crippen molar-refractivity contribution in [1.29, 1.82) is 0 Å². The Morgan fingerprint density at radius 2 is 1.53 bits per heavy atom. The van der Waals surface area contributed by atoms with Crippen LogP contribution in [0.4, 0.5) is 16.2 Å². The van der Waals surface area contributed by atoms with Crippen LogP contribution in [0, 0.1) is 6.92 Å². The van der Waals surface area contributed by atoms with Crippen LogP contribution in [0.3, 0.4) is 0 Å². The fourth-order valence-electron chi connectivity index (χ4n) is 2.70. The zero-order valence-corrected chi connectivity index (χ0v) is 19.0. The maximum atomic E-state index is 12.3. The highest BCUT2D eigenvalue weighted by molar-refractivity contribution is 5.98. The Balaban J connectivity index is 1.76. The molecule has 7 heteroatoms. The smallest absolute Gasteiger partial charge is 0.412 e. The first kappa shape index (κ1) is 24.7. The number of hydrogen-bond acceptors (Lipinski definition) is 4. The van der Waals surface area contributed by atoms with Crippen molar-refractivity contribution in [3.05, 3.63) is 71.8 Å². The van der Waals surface area contributed by atoms with Gasteiger partial charge in [0.1, 0.15) is 5.60 Å². The summed E-state index contributed by atoms with van der Waals surface area (Å²) in [6.07, 6.45) is 3.79. The quantitative estimate of drug-likeness (QED) is 0.398. The van der Waals surface area contributed by atoms with Gasteiger partial charge in [0.15, 0.2) is 0 Å². The highest BCUT2D eigenvalue weighted by atomic mass is 16.6. The van der Waals surface area contributed by atoms with E-state index >= 15 is 0 Å². The lowest BCUT2D eigenvalue weighted by Crippen LogP contribution is -2.27. The van der Waals surface area contributed by atoms with Crippen molar-refractivity contribution in [2.75, 3.05) is 17.2 Å². The third-order valence-corrected chi connectivity index (χ3v) is 4.22. The summed E-state index contributed by atoms with van der Waals surface area (Å²) in [5.41, 5.74) is 2.05. The van der Waals surface area contributed by atoms with Crippen LogP contribution in [-0.2, 0) is 9.53 Å². The molecule has 7 nitrogen and oxygen atoms in total. The summed E-state index contributed by atoms with van der Waals surface area (Å²) >= 11 is 0. The molecule has 0 fully saturated rings. The van der Waals surface area contributed by atoms with Gasteiger partial charge in [-0.3, -0.25) is 14.9 Å². The van der Waals surface area contributed by atoms with E-state index in [4.69, 9.17) is 4.74 Å². The van der Waals surface area contributed by atoms with Gasteiger partial charge in [0.2, 0.25) is 5.91 Å². The molecule has 0 aliphatic heterocycles. The topological polar surface area (TPSA) is 96.5 Å². The number of anilines is 2. The average molecular weight is 438 g/mol. The van der Waals surface area contributed by atoms with Crippen LogP contribution in [0.2, 0.25) is 0 Å². The average Bonchev–Trinajstić information content (AvgIpc) is 2.71. The van der Waals surface area contributed by atoms with Gasteiger partial charge in [-0.25, -0.2) is 4.79 Å². The molecule has 2 aromatic rings. The number of aryl methyl sites for hydroxylation is 1. The molecule has 0 unspecified atom stereocenters. The van der Waals surface area contributed by atoms with Gasteiger partial charge in [-0.1, -0.05) is 42.0 Å². The summed E-state index contributed by atoms with van der Waals surface area (Å²) in [5.74, 6) is -0.339. The van der Waals surface area contributed by atoms with Crippen molar-refractivity contribution in [2.24, 2.45) is 0 Å². The van der Waals surface area contributed by atoms with Crippen molar-refractivity contribution in [1.82, 2.24) is 5.32 Å². The Morgan fingerprint density at radius 3 is 2.16 bits per heavy atom. The van der Waals surface area contributed by atoms with E-state index in [-0.39, 0.29) is 18.2 Å². The van der Waals surface area contributed by atoms with Crippen molar-refractivity contribution < 1.29 is 19.1 Å². The Hall–Kier alpha value is -3.61. The standard InChI is InChI=1S/C25H31N3O4/c1-18-13-15-19(16-14-18)23(30)26-17-9-5-6-12-22(29)27-20-10-7-8-11-21(20)28-24(31)32-25(2,3)4/h5-8,10-11,13-16H,9,12,17H2,1-4H3,(H,26,30)(H,27,29)(H,28,31). The van der Waals surface area contributed by atoms with Gasteiger partial charge in [-0.2, -0.15) is 0 Å². The predicted octanol–water partition coefficient (Wildman–Crippen LogP) is 5.05. The maximum absolute atomic E-state index is 12.3. The third-order valence-electron chi connectivity index (χ3n) is 4.22. The molecule has 3 N–H and O–H groups in total. The zero-order chi connectivity index (χ0) is 23.6. The van der Waals surface area contributed by atoms with Crippen molar-refractivity contribution in [3.8, 4) is 0 Å². The molecule has 3 amide bonds. The van der Waals surface area contributed by atoms with Gasteiger partial charge in [0, 0.05) is 18.5 Å². The summed E-state index contributed by atoms with van der Waals surface area (Å²) in [6.45, 7) is 7.79. The molecule has 0 aliphatic carbocycles. The Morgan fingerprint density at radius 1 is 0.906 bits per heavy atom. The number of carbonyl (C=O) groups excluding carboxylic acids is 3. The fourth-order valence-corrected chi connectivity index (χ4v) is 2.70. The van der Waals surface area contributed by atoms with Crippen molar-refractivity contribution in [3.63, 3.8) is 0 Å². The van der Waals surface area contributed by atoms with Crippen molar-refractivity contribution in [2.45, 2.75) is 46.1 Å². The Bertz CT molecular complexity index is 960. The van der Waals surface area contributed by atoms with E-state index in [9.17, 15) is 14.4 Å². The summed E-state index contributed by atoms with van der Waals surface area (Å²) in [7, 11) is 0. The monoisotopic (exact) mass is 437 g/mol. The molecule has 0 aromatic heterocycles. The predicted molar refractivity (Wildman–Crippen MR) is 127 cm³/mol. The van der Waals surface area contributed by atoms with E-state index in [1.807, 2.05) is 25.1 Å². The van der Waals surface area contributed by atoms with Crippen LogP contribution in [0.1, 0.15) is 49.5 Å². The zero-order valence-electron chi connectivity index (χ0n) is 19.0. The summed E-state index contributed by atoms with van der Waals surface area (Å²) < 4.78 is 5.25. The minimum atomic E-state index is -0.618. The minimum absolute atomic E-state index is 0.120. The van der Waals surface area contributed by atoms with Crippen LogP contribution in [-0.4, -0.2) is 30.1 Å². The molecule has 0 radical (unpaired) electrons. The number of rotatable bonds is 8. The fraction of sp³-hybridized carbons (Fsp3) is 0.320. The summed E-state index contributed by atoms with van der Waals surface area (Å²) in [4.78, 5) is 36.3. The number of hydrogen-bond donors (Lipinski definition) is 3. The lowest BCUT2D eigenvalue weighted by Gasteiger charge is -2.20. The number of carbonyl (C=O) groups is 3. The van der Waals surface area contributed by atoms with E-state index in [1.165, 1.54) is 0 Å². The number of para-hydroxylation sites is 2. The highest BCUT2D eigenvalue weighted by Gasteiger charge is 2.17. The second-order valence-electron chi connectivity index (χ2n) is 8.31. The SMILES string of the molecule is Cc1ccc(C(=O)NCCC=CCC(=O)Nc2ccccc2NC(=O)OC(C)(C)C)cc1. The number of benzene rings is 2. The maximum Gasteiger partial charge on any atom is 0.412 e. The van der Waals surface area contributed by atoms with E-state index < -0.39 is 11.7 Å². The van der Waals surface area contributed by atoms with Crippen molar-refractivity contribution >= 4 is 29.3 Å². The van der Waals surface area contributed by atoms with E-state index in [0.29, 0.717) is 29.9 Å². The van der Waals surface area contributed by atoms with Gasteiger partial charge >= 0.3 is 6.09 Å². The molecule has 32 heavy (non-hydrogen) atoms. The summed E-state index contributed by atoms with van der Waals surface area (Å²) in [5, 5.41) is 8.28. The van der Waals surface area contributed by atoms with Crippen LogP contribution in [0.25, 0.3) is 0 Å². The first-order valence-electron chi connectivity index (χ1n) is 10.5. The largest absolute Gasteiger partial charge is 0.444 e. The van der Waals surface area contributed by atoms with Gasteiger partial charge in [0.05, 0.1) is 11.4 Å². The first-order valence-corrected chi connectivity index (χ1v) is 10.5. The van der Waals surface area contributed by atoms with Gasteiger partial charge in [0.25, 0.3) is 5.91 Å². The first-order chi connectivity index (χ1) is 15.1. The van der Waals surface area contributed by atoms with Gasteiger partial charge in [-0.15, -0.1) is 0 Å². The van der Waals surface area contributed by atoms with Crippen LogP contribution in [0.5, 0.6) is 0 Å². The number of amides is 3. The molecular formula is C25H31N3O4. The molecular weight excluding hydrogens is 406 g/mol. The second kappa shape index (κ2) is 11.7. The molecule has 0 aliphatic rings. The van der Waals surface area contributed by atoms with Gasteiger partial charge < -0.3 is 15.4 Å². The molecule has 0 bridgehead atoms. The van der Waals surface area contributed by atoms with Crippen LogP contribution in [0.15, 0.2) is 60.7 Å². The molecule has 2 aromatic carbocycles. The van der Waals surface area contributed by atoms with Crippen LogP contribution >= 0.6 is 0 Å². The molecule has 0 heterocycles. The lowest BCUT2D eigenvalue weighted by molar-refractivity contribution is -0.115.